The fourth-order valence-corrected chi connectivity index (χ4v) is 3.41. The Hall–Kier alpha value is -3.63. The molecule has 30 heavy (non-hydrogen) atoms. The van der Waals surface area contributed by atoms with Gasteiger partial charge in [-0.2, -0.15) is 5.26 Å². The van der Waals surface area contributed by atoms with Crippen LogP contribution in [0.15, 0.2) is 69.6 Å². The third-order valence-corrected chi connectivity index (χ3v) is 4.92. The van der Waals surface area contributed by atoms with Gasteiger partial charge in [0.15, 0.2) is 12.2 Å². The van der Waals surface area contributed by atoms with Gasteiger partial charge in [-0.3, -0.25) is 4.79 Å². The Morgan fingerprint density at radius 1 is 1.17 bits per heavy atom. The summed E-state index contributed by atoms with van der Waals surface area (Å²) >= 11 is 3.40. The molecule has 0 fully saturated rings. The van der Waals surface area contributed by atoms with E-state index in [1.165, 1.54) is 0 Å². The second-order valence-corrected chi connectivity index (χ2v) is 7.55. The van der Waals surface area contributed by atoms with Crippen molar-refractivity contribution in [3.05, 3.63) is 76.3 Å². The second-order valence-electron chi connectivity index (χ2n) is 6.64. The summed E-state index contributed by atoms with van der Waals surface area (Å²) in [5.41, 5.74) is 4.12. The lowest BCUT2D eigenvalue weighted by Gasteiger charge is -2.10. The standard InChI is InChI=1S/C23H16BrN3O3/c1-14-10-17(24)5-9-20(14)29-13-22(28)26-18-6-3-16(4-7-18)23-27-19-11-15(12-25)2-8-21(19)30-23/h2-11H,13H2,1H3,(H,26,28). The number of oxazole rings is 1. The average molecular weight is 462 g/mol. The molecule has 4 aromatic rings. The molecule has 0 radical (unpaired) electrons. The normalized spacial score (nSPS) is 10.6. The molecule has 1 aromatic heterocycles. The van der Waals surface area contributed by atoms with Crippen molar-refractivity contribution in [1.29, 1.82) is 5.26 Å². The van der Waals surface area contributed by atoms with Gasteiger partial charge in [-0.1, -0.05) is 15.9 Å². The first-order valence-corrected chi connectivity index (χ1v) is 9.91. The minimum absolute atomic E-state index is 0.0867. The van der Waals surface area contributed by atoms with Gasteiger partial charge in [0.2, 0.25) is 5.89 Å². The Morgan fingerprint density at radius 3 is 2.70 bits per heavy atom. The number of halogens is 1. The molecule has 1 heterocycles. The van der Waals surface area contributed by atoms with Crippen LogP contribution >= 0.6 is 15.9 Å². The molecule has 3 aromatic carbocycles. The summed E-state index contributed by atoms with van der Waals surface area (Å²) in [6.45, 7) is 1.83. The first-order chi connectivity index (χ1) is 14.5. The number of hydrogen-bond donors (Lipinski definition) is 1. The molecule has 7 heteroatoms. The number of aryl methyl sites for hydroxylation is 1. The number of rotatable bonds is 5. The quantitative estimate of drug-likeness (QED) is 0.426. The molecule has 0 saturated carbocycles. The molecular weight excluding hydrogens is 446 g/mol. The Kier molecular flexibility index (Phi) is 5.50. The largest absolute Gasteiger partial charge is 0.483 e. The molecule has 1 N–H and O–H groups in total. The van der Waals surface area contributed by atoms with Gasteiger partial charge in [0.1, 0.15) is 11.3 Å². The predicted molar refractivity (Wildman–Crippen MR) is 117 cm³/mol. The van der Waals surface area contributed by atoms with Crippen LogP contribution in [-0.2, 0) is 4.79 Å². The van der Waals surface area contributed by atoms with Crippen molar-refractivity contribution in [2.24, 2.45) is 0 Å². The first-order valence-electron chi connectivity index (χ1n) is 9.12. The van der Waals surface area contributed by atoms with Crippen molar-refractivity contribution < 1.29 is 13.9 Å². The van der Waals surface area contributed by atoms with Crippen LogP contribution in [0, 0.1) is 18.3 Å². The highest BCUT2D eigenvalue weighted by atomic mass is 79.9. The maximum absolute atomic E-state index is 12.2. The van der Waals surface area contributed by atoms with Gasteiger partial charge in [0.05, 0.1) is 11.6 Å². The minimum Gasteiger partial charge on any atom is -0.483 e. The van der Waals surface area contributed by atoms with E-state index in [-0.39, 0.29) is 12.5 Å². The van der Waals surface area contributed by atoms with Crippen molar-refractivity contribution in [3.63, 3.8) is 0 Å². The Bertz CT molecular complexity index is 1270. The topological polar surface area (TPSA) is 88.1 Å². The molecule has 0 saturated heterocycles. The smallest absolute Gasteiger partial charge is 0.262 e. The van der Waals surface area contributed by atoms with Crippen LogP contribution in [0.2, 0.25) is 0 Å². The molecule has 0 bridgehead atoms. The molecule has 148 valence electrons. The number of anilines is 1. The number of carbonyl (C=O) groups excluding carboxylic acids is 1. The number of benzene rings is 3. The maximum Gasteiger partial charge on any atom is 0.262 e. The van der Waals surface area contributed by atoms with E-state index in [1.807, 2.05) is 37.3 Å². The summed E-state index contributed by atoms with van der Waals surface area (Å²) in [4.78, 5) is 16.6. The zero-order valence-electron chi connectivity index (χ0n) is 16.0. The van der Waals surface area contributed by atoms with Gasteiger partial charge in [0, 0.05) is 15.7 Å². The van der Waals surface area contributed by atoms with Crippen molar-refractivity contribution in [1.82, 2.24) is 4.98 Å². The number of fused-ring (bicyclic) bond motifs is 1. The van der Waals surface area contributed by atoms with E-state index in [4.69, 9.17) is 14.4 Å². The van der Waals surface area contributed by atoms with Gasteiger partial charge in [-0.15, -0.1) is 0 Å². The lowest BCUT2D eigenvalue weighted by atomic mass is 10.2. The third kappa shape index (κ3) is 4.34. The third-order valence-electron chi connectivity index (χ3n) is 4.43. The van der Waals surface area contributed by atoms with Crippen LogP contribution in [0.1, 0.15) is 11.1 Å². The average Bonchev–Trinajstić information content (AvgIpc) is 3.17. The fourth-order valence-electron chi connectivity index (χ4n) is 2.93. The van der Waals surface area contributed by atoms with Gasteiger partial charge in [0.25, 0.3) is 5.91 Å². The Balaban J connectivity index is 1.41. The highest BCUT2D eigenvalue weighted by molar-refractivity contribution is 9.10. The summed E-state index contributed by atoms with van der Waals surface area (Å²) < 4.78 is 12.3. The molecule has 0 spiro atoms. The number of carbonyl (C=O) groups is 1. The minimum atomic E-state index is -0.254. The number of amides is 1. The molecule has 0 aliphatic heterocycles. The van der Waals surface area contributed by atoms with E-state index in [0.717, 1.165) is 15.6 Å². The Labute approximate surface area is 181 Å². The molecule has 1 amide bonds. The van der Waals surface area contributed by atoms with Crippen molar-refractivity contribution in [2.45, 2.75) is 6.92 Å². The highest BCUT2D eigenvalue weighted by Gasteiger charge is 2.10. The molecule has 4 rings (SSSR count). The zero-order valence-corrected chi connectivity index (χ0v) is 17.6. The molecule has 0 aliphatic rings. The number of ether oxygens (including phenoxy) is 1. The lowest BCUT2D eigenvalue weighted by molar-refractivity contribution is -0.118. The maximum atomic E-state index is 12.2. The second kappa shape index (κ2) is 8.39. The van der Waals surface area contributed by atoms with E-state index in [2.05, 4.69) is 32.3 Å². The van der Waals surface area contributed by atoms with E-state index in [9.17, 15) is 4.79 Å². The van der Waals surface area contributed by atoms with Gasteiger partial charge in [-0.05, 0) is 73.2 Å². The van der Waals surface area contributed by atoms with Crippen LogP contribution in [0.4, 0.5) is 5.69 Å². The van der Waals surface area contributed by atoms with E-state index in [0.29, 0.717) is 34.0 Å². The van der Waals surface area contributed by atoms with E-state index >= 15 is 0 Å². The highest BCUT2D eigenvalue weighted by Crippen LogP contribution is 2.26. The molecule has 6 nitrogen and oxygen atoms in total. The summed E-state index contributed by atoms with van der Waals surface area (Å²) in [7, 11) is 0. The lowest BCUT2D eigenvalue weighted by Crippen LogP contribution is -2.20. The number of nitriles is 1. The summed E-state index contributed by atoms with van der Waals surface area (Å²) in [6.07, 6.45) is 0. The van der Waals surface area contributed by atoms with Crippen LogP contribution < -0.4 is 10.1 Å². The van der Waals surface area contributed by atoms with Crippen molar-refractivity contribution >= 4 is 38.6 Å². The van der Waals surface area contributed by atoms with Gasteiger partial charge in [-0.25, -0.2) is 4.98 Å². The first kappa shape index (κ1) is 19.7. The van der Waals surface area contributed by atoms with Crippen molar-refractivity contribution in [3.8, 4) is 23.3 Å². The number of nitrogens with one attached hydrogen (secondary N) is 1. The number of aromatic nitrogens is 1. The summed E-state index contributed by atoms with van der Waals surface area (Å²) in [5, 5.41) is 11.8. The van der Waals surface area contributed by atoms with E-state index in [1.54, 1.807) is 30.3 Å². The predicted octanol–water partition coefficient (Wildman–Crippen LogP) is 5.45. The molecule has 0 atom stereocenters. The van der Waals surface area contributed by atoms with Gasteiger partial charge >= 0.3 is 0 Å². The summed E-state index contributed by atoms with van der Waals surface area (Å²) in [6, 6.07) is 20.0. The van der Waals surface area contributed by atoms with Crippen molar-refractivity contribution in [2.75, 3.05) is 11.9 Å². The van der Waals surface area contributed by atoms with Gasteiger partial charge < -0.3 is 14.5 Å². The fraction of sp³-hybridized carbons (Fsp3) is 0.0870. The monoisotopic (exact) mass is 461 g/mol. The van der Waals surface area contributed by atoms with Crippen LogP contribution in [-0.4, -0.2) is 17.5 Å². The number of nitrogens with zero attached hydrogens (tertiary/aromatic N) is 2. The SMILES string of the molecule is Cc1cc(Br)ccc1OCC(=O)Nc1ccc(-c2nc3cc(C#N)ccc3o2)cc1. The molecular formula is C23H16BrN3O3. The Morgan fingerprint density at radius 2 is 1.97 bits per heavy atom. The van der Waals surface area contributed by atoms with Crippen LogP contribution in [0.3, 0.4) is 0 Å². The van der Waals surface area contributed by atoms with Crippen LogP contribution in [0.5, 0.6) is 5.75 Å². The zero-order chi connectivity index (χ0) is 21.1. The molecule has 0 aliphatic carbocycles. The van der Waals surface area contributed by atoms with E-state index < -0.39 is 0 Å². The molecule has 0 unspecified atom stereocenters. The summed E-state index contributed by atoms with van der Waals surface area (Å²) in [5.74, 6) is 0.863. The van der Waals surface area contributed by atoms with Crippen LogP contribution in [0.25, 0.3) is 22.6 Å². The number of hydrogen-bond acceptors (Lipinski definition) is 5.